The fourth-order valence-electron chi connectivity index (χ4n) is 1.60. The molecule has 7 heteroatoms. The van der Waals surface area contributed by atoms with Crippen LogP contribution in [0.1, 0.15) is 31.2 Å². The molecule has 21 heavy (non-hydrogen) atoms. The lowest BCUT2D eigenvalue weighted by Crippen LogP contribution is -2.24. The summed E-state index contributed by atoms with van der Waals surface area (Å²) in [7, 11) is 0. The van der Waals surface area contributed by atoms with E-state index in [9.17, 15) is 9.59 Å². The van der Waals surface area contributed by atoms with Crippen LogP contribution in [-0.4, -0.2) is 21.6 Å². The summed E-state index contributed by atoms with van der Waals surface area (Å²) in [4.78, 5) is 30.2. The molecule has 0 fully saturated rings. The minimum Gasteiger partial charge on any atom is -0.467 e. The number of rotatable bonds is 6. The Bertz CT molecular complexity index is 650. The molecule has 6 nitrogen and oxygen atoms in total. The largest absolute Gasteiger partial charge is 0.467 e. The molecule has 0 saturated heterocycles. The van der Waals surface area contributed by atoms with Crippen molar-refractivity contribution in [3.63, 3.8) is 0 Å². The zero-order valence-electron chi connectivity index (χ0n) is 11.9. The van der Waals surface area contributed by atoms with E-state index in [1.165, 1.54) is 17.8 Å². The Kier molecular flexibility index (Phi) is 5.21. The highest BCUT2D eigenvalue weighted by Gasteiger charge is 2.08. The van der Waals surface area contributed by atoms with Gasteiger partial charge in [0.25, 0.3) is 5.56 Å². The quantitative estimate of drug-likeness (QED) is 0.628. The molecule has 0 bridgehead atoms. The van der Waals surface area contributed by atoms with Gasteiger partial charge in [-0.3, -0.25) is 9.59 Å². The number of aromatic nitrogens is 2. The summed E-state index contributed by atoms with van der Waals surface area (Å²) in [5, 5.41) is 3.19. The van der Waals surface area contributed by atoms with Gasteiger partial charge in [0.1, 0.15) is 5.76 Å². The van der Waals surface area contributed by atoms with E-state index in [0.717, 1.165) is 5.69 Å². The van der Waals surface area contributed by atoms with E-state index in [-0.39, 0.29) is 23.1 Å². The van der Waals surface area contributed by atoms with Gasteiger partial charge in [0.05, 0.1) is 24.3 Å². The minimum absolute atomic E-state index is 0.144. The Morgan fingerprint density at radius 1 is 1.52 bits per heavy atom. The molecule has 2 N–H and O–H groups in total. The molecule has 0 aliphatic carbocycles. The zero-order valence-corrected chi connectivity index (χ0v) is 12.7. The average Bonchev–Trinajstić information content (AvgIpc) is 2.95. The number of H-pyrrole nitrogens is 1. The molecule has 112 valence electrons. The van der Waals surface area contributed by atoms with Gasteiger partial charge in [0.15, 0.2) is 5.16 Å². The van der Waals surface area contributed by atoms with E-state index < -0.39 is 0 Å². The molecule has 0 saturated carbocycles. The van der Waals surface area contributed by atoms with Crippen molar-refractivity contribution in [1.29, 1.82) is 0 Å². The van der Waals surface area contributed by atoms with Crippen molar-refractivity contribution in [1.82, 2.24) is 15.3 Å². The van der Waals surface area contributed by atoms with E-state index in [2.05, 4.69) is 15.3 Å². The maximum Gasteiger partial charge on any atom is 0.251 e. The highest BCUT2D eigenvalue weighted by molar-refractivity contribution is 7.99. The number of carbonyl (C=O) groups excluding carboxylic acids is 1. The van der Waals surface area contributed by atoms with E-state index in [0.29, 0.717) is 17.5 Å². The first-order chi connectivity index (χ1) is 10.0. The molecule has 2 rings (SSSR count). The molecule has 2 aromatic rings. The van der Waals surface area contributed by atoms with Crippen molar-refractivity contribution in [2.75, 3.05) is 5.75 Å². The molecule has 0 spiro atoms. The summed E-state index contributed by atoms with van der Waals surface area (Å²) in [6.45, 7) is 4.28. The molecule has 0 aliphatic heterocycles. The highest BCUT2D eigenvalue weighted by Crippen LogP contribution is 2.15. The average molecular weight is 307 g/mol. The molecule has 0 unspecified atom stereocenters. The van der Waals surface area contributed by atoms with Crippen LogP contribution in [0, 0.1) is 0 Å². The third-order valence-corrected chi connectivity index (χ3v) is 3.58. The van der Waals surface area contributed by atoms with Crippen LogP contribution in [0.2, 0.25) is 0 Å². The summed E-state index contributed by atoms with van der Waals surface area (Å²) in [5.74, 6) is 0.903. The van der Waals surface area contributed by atoms with E-state index in [4.69, 9.17) is 4.42 Å². The Hall–Kier alpha value is -2.02. The van der Waals surface area contributed by atoms with E-state index in [1.54, 1.807) is 18.4 Å². The smallest absolute Gasteiger partial charge is 0.251 e. The Morgan fingerprint density at radius 2 is 2.33 bits per heavy atom. The lowest BCUT2D eigenvalue weighted by atomic mass is 10.1. The second-order valence-corrected chi connectivity index (χ2v) is 5.74. The number of thioether (sulfide) groups is 1. The molecular weight excluding hydrogens is 290 g/mol. The molecule has 2 aromatic heterocycles. The first-order valence-electron chi connectivity index (χ1n) is 6.57. The maximum atomic E-state index is 11.7. The number of carbonyl (C=O) groups is 1. The maximum absolute atomic E-state index is 11.7. The Morgan fingerprint density at radius 3 is 3.00 bits per heavy atom. The van der Waals surface area contributed by atoms with Crippen LogP contribution >= 0.6 is 11.8 Å². The van der Waals surface area contributed by atoms with Gasteiger partial charge in [-0.25, -0.2) is 4.98 Å². The van der Waals surface area contributed by atoms with Crippen LogP contribution in [-0.2, 0) is 11.3 Å². The summed E-state index contributed by atoms with van der Waals surface area (Å²) < 4.78 is 5.12. The summed E-state index contributed by atoms with van der Waals surface area (Å²) in [5.41, 5.74) is 0.518. The topological polar surface area (TPSA) is 88.0 Å². The first-order valence-corrected chi connectivity index (χ1v) is 7.56. The number of aromatic amines is 1. The molecule has 1 amide bonds. The van der Waals surface area contributed by atoms with Crippen molar-refractivity contribution >= 4 is 17.7 Å². The first kappa shape index (κ1) is 15.4. The normalized spacial score (nSPS) is 10.8. The third kappa shape index (κ3) is 4.78. The Balaban J connectivity index is 1.87. The second kappa shape index (κ2) is 7.12. The molecule has 0 atom stereocenters. The summed E-state index contributed by atoms with van der Waals surface area (Å²) in [6.07, 6.45) is 1.56. The number of nitrogens with one attached hydrogen (secondary N) is 2. The Labute approximate surface area is 126 Å². The van der Waals surface area contributed by atoms with Crippen molar-refractivity contribution in [2.45, 2.75) is 31.5 Å². The minimum atomic E-state index is -0.202. The predicted octanol–water partition coefficient (Wildman–Crippen LogP) is 1.89. The number of furan rings is 1. The SMILES string of the molecule is CC(C)c1cc(=O)[nH]c(SCC(=O)NCc2ccco2)n1. The van der Waals surface area contributed by atoms with Gasteiger partial charge in [0.2, 0.25) is 5.91 Å². The van der Waals surface area contributed by atoms with Crippen LogP contribution in [0.25, 0.3) is 0 Å². The lowest BCUT2D eigenvalue weighted by molar-refractivity contribution is -0.118. The fraction of sp³-hybridized carbons (Fsp3) is 0.357. The van der Waals surface area contributed by atoms with Crippen molar-refractivity contribution in [3.05, 3.63) is 46.3 Å². The standard InChI is InChI=1S/C14H17N3O3S/c1-9(2)11-6-12(18)17-14(16-11)21-8-13(19)15-7-10-4-3-5-20-10/h3-6,9H,7-8H2,1-2H3,(H,15,19)(H,16,17,18). The molecule has 0 aromatic carbocycles. The number of hydrogen-bond donors (Lipinski definition) is 2. The highest BCUT2D eigenvalue weighted by atomic mass is 32.2. The van der Waals surface area contributed by atoms with Crippen LogP contribution in [0.3, 0.4) is 0 Å². The van der Waals surface area contributed by atoms with Gasteiger partial charge in [0, 0.05) is 6.07 Å². The van der Waals surface area contributed by atoms with Crippen LogP contribution in [0.15, 0.2) is 38.8 Å². The van der Waals surface area contributed by atoms with Gasteiger partial charge >= 0.3 is 0 Å². The van der Waals surface area contributed by atoms with Crippen LogP contribution in [0.4, 0.5) is 0 Å². The van der Waals surface area contributed by atoms with Crippen molar-refractivity contribution in [2.24, 2.45) is 0 Å². The van der Waals surface area contributed by atoms with E-state index in [1.807, 2.05) is 13.8 Å². The number of hydrogen-bond acceptors (Lipinski definition) is 5. The van der Waals surface area contributed by atoms with Gasteiger partial charge in [-0.15, -0.1) is 0 Å². The molecule has 0 radical (unpaired) electrons. The van der Waals surface area contributed by atoms with Crippen molar-refractivity contribution < 1.29 is 9.21 Å². The van der Waals surface area contributed by atoms with Gasteiger partial charge in [-0.05, 0) is 18.1 Å². The zero-order chi connectivity index (χ0) is 15.2. The van der Waals surface area contributed by atoms with Crippen LogP contribution < -0.4 is 10.9 Å². The fourth-order valence-corrected chi connectivity index (χ4v) is 2.31. The predicted molar refractivity (Wildman–Crippen MR) is 80.2 cm³/mol. The molecular formula is C14H17N3O3S. The summed E-state index contributed by atoms with van der Waals surface area (Å²) in [6, 6.07) is 5.03. The van der Waals surface area contributed by atoms with Crippen molar-refractivity contribution in [3.8, 4) is 0 Å². The third-order valence-electron chi connectivity index (χ3n) is 2.71. The van der Waals surface area contributed by atoms with Gasteiger partial charge in [-0.2, -0.15) is 0 Å². The monoisotopic (exact) mass is 307 g/mol. The van der Waals surface area contributed by atoms with Gasteiger partial charge in [-0.1, -0.05) is 25.6 Å². The summed E-state index contributed by atoms with van der Waals surface area (Å²) >= 11 is 1.20. The van der Waals surface area contributed by atoms with Crippen LogP contribution in [0.5, 0.6) is 0 Å². The van der Waals surface area contributed by atoms with Gasteiger partial charge < -0.3 is 14.7 Å². The second-order valence-electron chi connectivity index (χ2n) is 4.77. The number of nitrogens with zero attached hydrogens (tertiary/aromatic N) is 1. The van der Waals surface area contributed by atoms with E-state index >= 15 is 0 Å². The molecule has 2 heterocycles. The lowest BCUT2D eigenvalue weighted by Gasteiger charge is -2.06. The number of amides is 1. The molecule has 0 aliphatic rings.